The van der Waals surface area contributed by atoms with Crippen LogP contribution in [0.15, 0.2) is 24.3 Å². The highest BCUT2D eigenvalue weighted by molar-refractivity contribution is 5.37. The van der Waals surface area contributed by atoms with E-state index in [1.54, 1.807) is 0 Å². The minimum Gasteiger partial charge on any atom is -0.488 e. The smallest absolute Gasteiger partial charge is 0.123 e. The quantitative estimate of drug-likeness (QED) is 0.901. The second-order valence-electron chi connectivity index (χ2n) is 6.23. The summed E-state index contributed by atoms with van der Waals surface area (Å²) in [6.45, 7) is 2.31. The van der Waals surface area contributed by atoms with Gasteiger partial charge in [0, 0.05) is 12.5 Å². The van der Waals surface area contributed by atoms with Gasteiger partial charge < -0.3 is 10.5 Å². The van der Waals surface area contributed by atoms with Crippen LogP contribution < -0.4 is 10.5 Å². The lowest BCUT2D eigenvalue weighted by atomic mass is 9.76. The van der Waals surface area contributed by atoms with E-state index in [2.05, 4.69) is 25.1 Å². The lowest BCUT2D eigenvalue weighted by Crippen LogP contribution is -2.45. The van der Waals surface area contributed by atoms with E-state index >= 15 is 0 Å². The molecule has 2 atom stereocenters. The third kappa shape index (κ3) is 2.64. The summed E-state index contributed by atoms with van der Waals surface area (Å²) in [6.07, 6.45) is 7.80. The minimum atomic E-state index is 0.195. The van der Waals surface area contributed by atoms with Crippen molar-refractivity contribution in [1.82, 2.24) is 0 Å². The molecule has 1 aromatic rings. The Hall–Kier alpha value is -1.02. The average Bonchev–Trinajstić information content (AvgIpc) is 2.90. The molecule has 2 N–H and O–H groups in total. The SMILES string of the molecule is CCC1CCC(C(N)C2Cc3ccccc3O2)CC1. The maximum absolute atomic E-state index is 6.50. The maximum Gasteiger partial charge on any atom is 0.123 e. The van der Waals surface area contributed by atoms with Gasteiger partial charge in [-0.05, 0) is 36.3 Å². The molecule has 1 aliphatic carbocycles. The van der Waals surface area contributed by atoms with E-state index in [-0.39, 0.29) is 12.1 Å². The summed E-state index contributed by atoms with van der Waals surface area (Å²) in [5.41, 5.74) is 7.82. The molecule has 1 heterocycles. The molecule has 2 unspecified atom stereocenters. The van der Waals surface area contributed by atoms with Gasteiger partial charge in [-0.2, -0.15) is 0 Å². The van der Waals surface area contributed by atoms with Crippen molar-refractivity contribution in [2.24, 2.45) is 17.6 Å². The van der Waals surface area contributed by atoms with Crippen LogP contribution in [0, 0.1) is 11.8 Å². The summed E-state index contributed by atoms with van der Waals surface area (Å²) in [5, 5.41) is 0. The van der Waals surface area contributed by atoms with E-state index in [1.807, 2.05) is 6.07 Å². The first-order valence-electron chi connectivity index (χ1n) is 7.78. The van der Waals surface area contributed by atoms with Gasteiger partial charge >= 0.3 is 0 Å². The van der Waals surface area contributed by atoms with Crippen molar-refractivity contribution in [2.75, 3.05) is 0 Å². The molecule has 1 fully saturated rings. The fraction of sp³-hybridized carbons (Fsp3) is 0.647. The highest BCUT2D eigenvalue weighted by Crippen LogP contribution is 2.36. The zero-order valence-corrected chi connectivity index (χ0v) is 11.8. The molecule has 0 bridgehead atoms. The van der Waals surface area contributed by atoms with Gasteiger partial charge in [-0.15, -0.1) is 0 Å². The molecular weight excluding hydrogens is 234 g/mol. The molecule has 3 rings (SSSR count). The molecule has 1 aromatic carbocycles. The Morgan fingerprint density at radius 3 is 2.63 bits per heavy atom. The van der Waals surface area contributed by atoms with Crippen molar-refractivity contribution in [1.29, 1.82) is 0 Å². The zero-order valence-electron chi connectivity index (χ0n) is 11.8. The van der Waals surface area contributed by atoms with E-state index in [1.165, 1.54) is 37.7 Å². The van der Waals surface area contributed by atoms with E-state index in [9.17, 15) is 0 Å². The van der Waals surface area contributed by atoms with E-state index < -0.39 is 0 Å². The van der Waals surface area contributed by atoms with Crippen LogP contribution in [-0.4, -0.2) is 12.1 Å². The van der Waals surface area contributed by atoms with Crippen molar-refractivity contribution in [3.05, 3.63) is 29.8 Å². The molecule has 0 saturated heterocycles. The van der Waals surface area contributed by atoms with Crippen molar-refractivity contribution in [3.8, 4) is 5.75 Å². The summed E-state index contributed by atoms with van der Waals surface area (Å²) in [7, 11) is 0. The van der Waals surface area contributed by atoms with Crippen LogP contribution in [0.4, 0.5) is 0 Å². The van der Waals surface area contributed by atoms with Crippen molar-refractivity contribution < 1.29 is 4.74 Å². The minimum absolute atomic E-state index is 0.195. The number of hydrogen-bond acceptors (Lipinski definition) is 2. The highest BCUT2D eigenvalue weighted by atomic mass is 16.5. The Bertz CT molecular complexity index is 398. The number of hydrogen-bond donors (Lipinski definition) is 1. The number of para-hydroxylation sites is 1. The number of rotatable bonds is 3. The molecule has 0 spiro atoms. The Balaban J connectivity index is 1.59. The first kappa shape index (κ1) is 13.0. The Labute approximate surface area is 116 Å². The molecule has 1 aliphatic heterocycles. The molecule has 0 amide bonds. The molecule has 0 aromatic heterocycles. The second kappa shape index (κ2) is 5.54. The number of benzene rings is 1. The van der Waals surface area contributed by atoms with Crippen molar-refractivity contribution >= 4 is 0 Å². The number of nitrogens with two attached hydrogens (primary N) is 1. The monoisotopic (exact) mass is 259 g/mol. The van der Waals surface area contributed by atoms with Gasteiger partial charge in [-0.25, -0.2) is 0 Å². The largest absolute Gasteiger partial charge is 0.488 e. The predicted octanol–water partition coefficient (Wildman–Crippen LogP) is 3.53. The number of fused-ring (bicyclic) bond motifs is 1. The van der Waals surface area contributed by atoms with E-state index in [4.69, 9.17) is 10.5 Å². The summed E-state index contributed by atoms with van der Waals surface area (Å²) in [6, 6.07) is 8.55. The van der Waals surface area contributed by atoms with Gasteiger partial charge in [0.15, 0.2) is 0 Å². The molecule has 2 aliphatic rings. The van der Waals surface area contributed by atoms with Gasteiger partial charge in [-0.3, -0.25) is 0 Å². The van der Waals surface area contributed by atoms with Crippen LogP contribution in [0.25, 0.3) is 0 Å². The summed E-state index contributed by atoms with van der Waals surface area (Å²) in [5.74, 6) is 2.64. The lowest BCUT2D eigenvalue weighted by molar-refractivity contribution is 0.133. The van der Waals surface area contributed by atoms with Crippen LogP contribution in [0.3, 0.4) is 0 Å². The Morgan fingerprint density at radius 2 is 1.95 bits per heavy atom. The summed E-state index contributed by atoms with van der Waals surface area (Å²) in [4.78, 5) is 0. The van der Waals surface area contributed by atoms with E-state index in [0.717, 1.165) is 18.1 Å². The number of ether oxygens (including phenoxy) is 1. The Morgan fingerprint density at radius 1 is 1.21 bits per heavy atom. The molecule has 0 radical (unpaired) electrons. The van der Waals surface area contributed by atoms with Gasteiger partial charge in [-0.1, -0.05) is 44.4 Å². The molecule has 2 nitrogen and oxygen atoms in total. The molecule has 2 heteroatoms. The van der Waals surface area contributed by atoms with Gasteiger partial charge in [0.25, 0.3) is 0 Å². The van der Waals surface area contributed by atoms with Crippen LogP contribution in [0.5, 0.6) is 5.75 Å². The van der Waals surface area contributed by atoms with Crippen LogP contribution >= 0.6 is 0 Å². The predicted molar refractivity (Wildman–Crippen MR) is 78.3 cm³/mol. The van der Waals surface area contributed by atoms with Crippen molar-refractivity contribution in [3.63, 3.8) is 0 Å². The first-order valence-corrected chi connectivity index (χ1v) is 7.78. The molecule has 104 valence electrons. The van der Waals surface area contributed by atoms with Gasteiger partial charge in [0.05, 0.1) is 0 Å². The third-order valence-electron chi connectivity index (χ3n) is 5.11. The third-order valence-corrected chi connectivity index (χ3v) is 5.11. The standard InChI is InChI=1S/C17H25NO/c1-2-12-7-9-13(10-8-12)17(18)16-11-14-5-3-4-6-15(14)19-16/h3-6,12-13,16-17H,2,7-11,18H2,1H3. The second-order valence-corrected chi connectivity index (χ2v) is 6.23. The fourth-order valence-electron chi connectivity index (χ4n) is 3.71. The van der Waals surface area contributed by atoms with Gasteiger partial charge in [0.1, 0.15) is 11.9 Å². The molecule has 19 heavy (non-hydrogen) atoms. The summed E-state index contributed by atoms with van der Waals surface area (Å²) < 4.78 is 6.05. The van der Waals surface area contributed by atoms with Crippen LogP contribution in [-0.2, 0) is 6.42 Å². The lowest BCUT2D eigenvalue weighted by Gasteiger charge is -2.34. The zero-order chi connectivity index (χ0) is 13.2. The molecular formula is C17H25NO. The average molecular weight is 259 g/mol. The highest BCUT2D eigenvalue weighted by Gasteiger charge is 2.34. The normalized spacial score (nSPS) is 31.6. The summed E-state index contributed by atoms with van der Waals surface area (Å²) >= 11 is 0. The van der Waals surface area contributed by atoms with Gasteiger partial charge in [0.2, 0.25) is 0 Å². The molecule has 1 saturated carbocycles. The van der Waals surface area contributed by atoms with Crippen molar-refractivity contribution in [2.45, 2.75) is 57.6 Å². The first-order chi connectivity index (χ1) is 9.28. The maximum atomic E-state index is 6.50. The van der Waals surface area contributed by atoms with E-state index in [0.29, 0.717) is 5.92 Å². The van der Waals surface area contributed by atoms with Crippen LogP contribution in [0.1, 0.15) is 44.6 Å². The fourth-order valence-corrected chi connectivity index (χ4v) is 3.71. The van der Waals surface area contributed by atoms with Crippen LogP contribution in [0.2, 0.25) is 0 Å². The topological polar surface area (TPSA) is 35.2 Å². The Kier molecular flexibility index (Phi) is 3.79.